The molecule has 2 fully saturated rings. The predicted molar refractivity (Wildman–Crippen MR) is 97.3 cm³/mol. The highest BCUT2D eigenvalue weighted by molar-refractivity contribution is 6.31. The molecule has 0 spiro atoms. The highest BCUT2D eigenvalue weighted by Crippen LogP contribution is 2.37. The molecule has 5 nitrogen and oxygen atoms in total. The summed E-state index contributed by atoms with van der Waals surface area (Å²) in [5.41, 5.74) is 3.04. The highest BCUT2D eigenvalue weighted by atomic mass is 35.5. The fourth-order valence-corrected chi connectivity index (χ4v) is 4.19. The second-order valence-electron chi connectivity index (χ2n) is 7.09. The number of ether oxygens (including phenoxy) is 2. The van der Waals surface area contributed by atoms with Crippen LogP contribution in [-0.2, 0) is 9.47 Å². The van der Waals surface area contributed by atoms with Gasteiger partial charge in [0.05, 0.1) is 42.5 Å². The first-order valence-electron chi connectivity index (χ1n) is 8.86. The number of pyridine rings is 1. The van der Waals surface area contributed by atoms with Crippen molar-refractivity contribution in [1.82, 2.24) is 14.5 Å². The molecule has 6 heteroatoms. The maximum absolute atomic E-state index is 6.29. The van der Waals surface area contributed by atoms with Gasteiger partial charge in [-0.1, -0.05) is 11.6 Å². The Bertz CT molecular complexity index is 951. The van der Waals surface area contributed by atoms with E-state index in [0.717, 1.165) is 65.4 Å². The Hall–Kier alpha value is -1.69. The molecular formula is C19H20ClN3O2. The summed E-state index contributed by atoms with van der Waals surface area (Å²) < 4.78 is 13.6. The average Bonchev–Trinajstić information content (AvgIpc) is 2.92. The van der Waals surface area contributed by atoms with Crippen molar-refractivity contribution in [3.05, 3.63) is 35.2 Å². The Kier molecular flexibility index (Phi) is 3.69. The van der Waals surface area contributed by atoms with E-state index in [1.54, 1.807) is 0 Å². The second-order valence-corrected chi connectivity index (χ2v) is 7.52. The number of benzene rings is 1. The third-order valence-electron chi connectivity index (χ3n) is 5.33. The van der Waals surface area contributed by atoms with E-state index in [1.165, 1.54) is 0 Å². The van der Waals surface area contributed by atoms with E-state index in [2.05, 4.69) is 16.5 Å². The molecule has 4 heterocycles. The maximum Gasteiger partial charge on any atom is 0.118 e. The van der Waals surface area contributed by atoms with Gasteiger partial charge in [0.1, 0.15) is 11.3 Å². The van der Waals surface area contributed by atoms with Crippen LogP contribution in [-0.4, -0.2) is 40.5 Å². The highest BCUT2D eigenvalue weighted by Gasteiger charge is 2.32. The van der Waals surface area contributed by atoms with Crippen LogP contribution >= 0.6 is 11.6 Å². The first kappa shape index (κ1) is 15.6. The van der Waals surface area contributed by atoms with Gasteiger partial charge in [-0.3, -0.25) is 4.98 Å². The molecule has 0 bridgehead atoms. The minimum atomic E-state index is 0.262. The van der Waals surface area contributed by atoms with Crippen molar-refractivity contribution in [3.63, 3.8) is 0 Å². The SMILES string of the molecule is C[C@@H]1C[C@H](n2c(C3COC3)nc3cnc4ccc(Cl)cc4c32)CCO1. The molecule has 2 aliphatic rings. The van der Waals surface area contributed by atoms with Crippen molar-refractivity contribution >= 4 is 33.5 Å². The lowest BCUT2D eigenvalue weighted by Crippen LogP contribution is -2.32. The van der Waals surface area contributed by atoms with Crippen LogP contribution in [0.1, 0.15) is 37.5 Å². The Morgan fingerprint density at radius 3 is 2.88 bits per heavy atom. The van der Waals surface area contributed by atoms with E-state index in [1.807, 2.05) is 24.4 Å². The zero-order chi connectivity index (χ0) is 17.0. The predicted octanol–water partition coefficient (Wildman–Crippen LogP) is 4.09. The molecule has 0 unspecified atom stereocenters. The Labute approximate surface area is 150 Å². The van der Waals surface area contributed by atoms with Gasteiger partial charge in [-0.25, -0.2) is 4.98 Å². The van der Waals surface area contributed by atoms with Crippen LogP contribution in [0.5, 0.6) is 0 Å². The molecule has 2 saturated heterocycles. The maximum atomic E-state index is 6.29. The fraction of sp³-hybridized carbons (Fsp3) is 0.474. The van der Waals surface area contributed by atoms with Crippen LogP contribution in [0.3, 0.4) is 0 Å². The molecule has 130 valence electrons. The summed E-state index contributed by atoms with van der Waals surface area (Å²) in [6.45, 7) is 4.42. The van der Waals surface area contributed by atoms with Crippen molar-refractivity contribution < 1.29 is 9.47 Å². The van der Waals surface area contributed by atoms with Gasteiger partial charge in [0.15, 0.2) is 0 Å². The van der Waals surface area contributed by atoms with Crippen LogP contribution in [0.2, 0.25) is 5.02 Å². The molecule has 3 aromatic rings. The topological polar surface area (TPSA) is 49.2 Å². The lowest BCUT2D eigenvalue weighted by molar-refractivity contribution is -0.00675. The monoisotopic (exact) mass is 357 g/mol. The van der Waals surface area contributed by atoms with Gasteiger partial charge in [-0.2, -0.15) is 0 Å². The van der Waals surface area contributed by atoms with Crippen molar-refractivity contribution in [1.29, 1.82) is 0 Å². The molecule has 1 aromatic carbocycles. The first-order chi connectivity index (χ1) is 12.2. The van der Waals surface area contributed by atoms with Gasteiger partial charge in [0.2, 0.25) is 0 Å². The van der Waals surface area contributed by atoms with E-state index < -0.39 is 0 Å². The third kappa shape index (κ3) is 2.53. The summed E-state index contributed by atoms with van der Waals surface area (Å²) in [5.74, 6) is 1.48. The number of nitrogens with zero attached hydrogens (tertiary/aromatic N) is 3. The van der Waals surface area contributed by atoms with Gasteiger partial charge in [0.25, 0.3) is 0 Å². The summed E-state index contributed by atoms with van der Waals surface area (Å²) in [5, 5.41) is 1.80. The molecule has 25 heavy (non-hydrogen) atoms. The van der Waals surface area contributed by atoms with Crippen LogP contribution in [0, 0.1) is 0 Å². The standard InChI is InChI=1S/C19H20ClN3O2/c1-11-6-14(4-5-25-11)23-18-15-7-13(20)2-3-16(15)21-8-17(18)22-19(23)12-9-24-10-12/h2-3,7-8,11-12,14H,4-6,9-10H2,1H3/t11-,14-/m1/s1. The number of hydrogen-bond donors (Lipinski definition) is 0. The zero-order valence-corrected chi connectivity index (χ0v) is 14.9. The van der Waals surface area contributed by atoms with E-state index in [0.29, 0.717) is 12.0 Å². The lowest BCUT2D eigenvalue weighted by atomic mass is 10.0. The molecular weight excluding hydrogens is 338 g/mol. The number of halogens is 1. The minimum absolute atomic E-state index is 0.262. The smallest absolute Gasteiger partial charge is 0.118 e. The van der Waals surface area contributed by atoms with E-state index in [9.17, 15) is 0 Å². The van der Waals surface area contributed by atoms with Gasteiger partial charge < -0.3 is 14.0 Å². The van der Waals surface area contributed by atoms with Crippen molar-refractivity contribution in [2.75, 3.05) is 19.8 Å². The molecule has 2 aromatic heterocycles. The number of rotatable bonds is 2. The quantitative estimate of drug-likeness (QED) is 0.693. The molecule has 2 atom stereocenters. The fourth-order valence-electron chi connectivity index (χ4n) is 4.02. The Balaban J connectivity index is 1.79. The normalized spacial score (nSPS) is 24.7. The number of aromatic nitrogens is 3. The summed E-state index contributed by atoms with van der Waals surface area (Å²) in [6, 6.07) is 6.26. The second kappa shape index (κ2) is 5.94. The van der Waals surface area contributed by atoms with E-state index in [-0.39, 0.29) is 6.10 Å². The number of imidazole rings is 1. The molecule has 0 radical (unpaired) electrons. The average molecular weight is 358 g/mol. The molecule has 0 aliphatic carbocycles. The largest absolute Gasteiger partial charge is 0.380 e. The molecule has 0 amide bonds. The van der Waals surface area contributed by atoms with Gasteiger partial charge >= 0.3 is 0 Å². The summed E-state index contributed by atoms with van der Waals surface area (Å²) >= 11 is 6.29. The third-order valence-corrected chi connectivity index (χ3v) is 5.57. The van der Waals surface area contributed by atoms with Gasteiger partial charge in [-0.05, 0) is 38.0 Å². The lowest BCUT2D eigenvalue weighted by Gasteiger charge is -2.33. The summed E-state index contributed by atoms with van der Waals surface area (Å²) in [6.07, 6.45) is 4.14. The van der Waals surface area contributed by atoms with Gasteiger partial charge in [-0.15, -0.1) is 0 Å². The number of fused-ring (bicyclic) bond motifs is 3. The molecule has 5 rings (SSSR count). The summed E-state index contributed by atoms with van der Waals surface area (Å²) in [4.78, 5) is 9.53. The van der Waals surface area contributed by atoms with Crippen LogP contribution < -0.4 is 0 Å². The van der Waals surface area contributed by atoms with E-state index >= 15 is 0 Å². The van der Waals surface area contributed by atoms with Gasteiger partial charge in [0, 0.05) is 23.1 Å². The zero-order valence-electron chi connectivity index (χ0n) is 14.1. The van der Waals surface area contributed by atoms with Crippen molar-refractivity contribution in [2.45, 2.75) is 37.8 Å². The van der Waals surface area contributed by atoms with Crippen LogP contribution in [0.25, 0.3) is 21.9 Å². The first-order valence-corrected chi connectivity index (χ1v) is 9.24. The molecule has 0 saturated carbocycles. The van der Waals surface area contributed by atoms with Crippen LogP contribution in [0.4, 0.5) is 0 Å². The van der Waals surface area contributed by atoms with Crippen molar-refractivity contribution in [2.24, 2.45) is 0 Å². The van der Waals surface area contributed by atoms with Crippen molar-refractivity contribution in [3.8, 4) is 0 Å². The Morgan fingerprint density at radius 1 is 1.24 bits per heavy atom. The Morgan fingerprint density at radius 2 is 2.12 bits per heavy atom. The summed E-state index contributed by atoms with van der Waals surface area (Å²) in [7, 11) is 0. The molecule has 0 N–H and O–H groups in total. The minimum Gasteiger partial charge on any atom is -0.380 e. The molecule has 2 aliphatic heterocycles. The number of hydrogen-bond acceptors (Lipinski definition) is 4. The van der Waals surface area contributed by atoms with Crippen LogP contribution in [0.15, 0.2) is 24.4 Å². The van der Waals surface area contributed by atoms with E-state index in [4.69, 9.17) is 26.1 Å².